The van der Waals surface area contributed by atoms with Gasteiger partial charge in [0.2, 0.25) is 5.91 Å². The van der Waals surface area contributed by atoms with Crippen molar-refractivity contribution in [3.8, 4) is 0 Å². The van der Waals surface area contributed by atoms with Crippen LogP contribution in [0.15, 0.2) is 11.1 Å². The van der Waals surface area contributed by atoms with E-state index in [0.717, 1.165) is 49.1 Å². The third-order valence-electron chi connectivity index (χ3n) is 5.38. The molecule has 1 N–H and O–H groups in total. The first-order chi connectivity index (χ1) is 11.7. The van der Waals surface area contributed by atoms with Crippen molar-refractivity contribution in [3.63, 3.8) is 0 Å². The molecule has 6 nitrogen and oxygen atoms in total. The number of likely N-dealkylation sites (tertiary alicyclic amines) is 1. The Hall–Kier alpha value is -1.73. The number of carbonyl (C=O) groups excluding carboxylic acids is 1. The lowest BCUT2D eigenvalue weighted by Gasteiger charge is -2.16. The molecule has 2 aromatic rings. The lowest BCUT2D eigenvalue weighted by molar-refractivity contribution is -0.128. The minimum Gasteiger partial charge on any atom is -0.339 e. The van der Waals surface area contributed by atoms with Gasteiger partial charge >= 0.3 is 0 Å². The number of thiophene rings is 1. The van der Waals surface area contributed by atoms with Crippen molar-refractivity contribution in [3.05, 3.63) is 27.1 Å². The highest BCUT2D eigenvalue weighted by atomic mass is 32.1. The topological polar surface area (TPSA) is 67.2 Å². The third kappa shape index (κ3) is 2.29. The van der Waals surface area contributed by atoms with Crippen molar-refractivity contribution in [1.29, 1.82) is 0 Å². The summed E-state index contributed by atoms with van der Waals surface area (Å²) in [7, 11) is 0. The van der Waals surface area contributed by atoms with Crippen molar-refractivity contribution in [2.45, 2.75) is 44.8 Å². The molecule has 1 unspecified atom stereocenters. The summed E-state index contributed by atoms with van der Waals surface area (Å²) in [6, 6.07) is 0.469. The summed E-state index contributed by atoms with van der Waals surface area (Å²) >= 11 is 1.63. The molecule has 1 aliphatic carbocycles. The average molecular weight is 344 g/mol. The second kappa shape index (κ2) is 5.39. The molecule has 7 heteroatoms. The van der Waals surface area contributed by atoms with Gasteiger partial charge in [0.05, 0.1) is 11.7 Å². The monoisotopic (exact) mass is 344 g/mol. The Morgan fingerprint density at radius 2 is 2.21 bits per heavy atom. The van der Waals surface area contributed by atoms with E-state index in [2.05, 4.69) is 10.3 Å². The molecule has 126 valence electrons. The molecule has 1 saturated heterocycles. The van der Waals surface area contributed by atoms with Crippen LogP contribution in [0, 0.1) is 5.92 Å². The van der Waals surface area contributed by atoms with Crippen LogP contribution in [0.2, 0.25) is 0 Å². The predicted molar refractivity (Wildman–Crippen MR) is 92.1 cm³/mol. The number of rotatable bonds is 3. The molecule has 2 aliphatic heterocycles. The number of nitrogens with zero attached hydrogens (tertiary/aromatic N) is 3. The second-order valence-corrected chi connectivity index (χ2v) is 8.24. The molecular formula is C17H20N4O2S. The molecule has 5 rings (SSSR count). The van der Waals surface area contributed by atoms with Crippen molar-refractivity contribution < 1.29 is 4.79 Å². The van der Waals surface area contributed by atoms with Crippen molar-refractivity contribution in [2.24, 2.45) is 5.92 Å². The van der Waals surface area contributed by atoms with Gasteiger partial charge in [0, 0.05) is 42.9 Å². The Morgan fingerprint density at radius 3 is 3.04 bits per heavy atom. The van der Waals surface area contributed by atoms with Gasteiger partial charge in [0.15, 0.2) is 0 Å². The average Bonchev–Trinajstić information content (AvgIpc) is 3.25. The van der Waals surface area contributed by atoms with Crippen LogP contribution in [0.5, 0.6) is 0 Å². The van der Waals surface area contributed by atoms with Crippen molar-refractivity contribution in [1.82, 2.24) is 19.8 Å². The molecule has 1 amide bonds. The zero-order valence-electron chi connectivity index (χ0n) is 13.5. The van der Waals surface area contributed by atoms with Gasteiger partial charge in [0.1, 0.15) is 4.83 Å². The van der Waals surface area contributed by atoms with Crippen LogP contribution in [0.4, 0.5) is 0 Å². The molecule has 1 atom stereocenters. The van der Waals surface area contributed by atoms with Crippen LogP contribution in [-0.2, 0) is 24.3 Å². The first-order valence-electron chi connectivity index (χ1n) is 8.70. The molecule has 0 spiro atoms. The number of carbonyl (C=O) groups is 1. The standard InChI is InChI=1S/C17H20N4O2S/c22-14-5-10(8-21(14)11-1-2-11)7-20-9-19-16-15(17(20)23)12-3-4-18-6-13(12)24-16/h9-11,18H,1-8H2. The van der Waals surface area contributed by atoms with Crippen molar-refractivity contribution in [2.75, 3.05) is 13.1 Å². The number of hydrogen-bond acceptors (Lipinski definition) is 5. The molecule has 0 bridgehead atoms. The molecule has 4 heterocycles. The van der Waals surface area contributed by atoms with E-state index in [1.165, 1.54) is 10.4 Å². The molecule has 0 radical (unpaired) electrons. The summed E-state index contributed by atoms with van der Waals surface area (Å²) in [4.78, 5) is 33.7. The minimum absolute atomic E-state index is 0.0664. The van der Waals surface area contributed by atoms with Gasteiger partial charge in [-0.25, -0.2) is 4.98 Å². The van der Waals surface area contributed by atoms with E-state index in [9.17, 15) is 9.59 Å². The van der Waals surface area contributed by atoms with Gasteiger partial charge in [0.25, 0.3) is 5.56 Å². The third-order valence-corrected chi connectivity index (χ3v) is 6.52. The number of fused-ring (bicyclic) bond motifs is 3. The minimum atomic E-state index is 0.0664. The van der Waals surface area contributed by atoms with Gasteiger partial charge in [-0.15, -0.1) is 11.3 Å². The normalized spacial score (nSPS) is 23.9. The van der Waals surface area contributed by atoms with E-state index in [1.54, 1.807) is 22.2 Å². The van der Waals surface area contributed by atoms with Crippen molar-refractivity contribution >= 4 is 27.5 Å². The smallest absolute Gasteiger partial charge is 0.262 e. The Morgan fingerprint density at radius 1 is 1.33 bits per heavy atom. The zero-order chi connectivity index (χ0) is 16.3. The molecule has 1 saturated carbocycles. The summed E-state index contributed by atoms with van der Waals surface area (Å²) in [5.41, 5.74) is 1.25. The molecule has 0 aromatic carbocycles. The van der Waals surface area contributed by atoms with E-state index in [0.29, 0.717) is 19.0 Å². The maximum atomic E-state index is 13.0. The van der Waals surface area contributed by atoms with E-state index >= 15 is 0 Å². The number of hydrogen-bond donors (Lipinski definition) is 1. The van der Waals surface area contributed by atoms with Crippen LogP contribution in [0.3, 0.4) is 0 Å². The maximum Gasteiger partial charge on any atom is 0.262 e. The Bertz CT molecular complexity index is 883. The number of nitrogens with one attached hydrogen (secondary N) is 1. The van der Waals surface area contributed by atoms with Crippen LogP contribution < -0.4 is 10.9 Å². The van der Waals surface area contributed by atoms with Crippen LogP contribution >= 0.6 is 11.3 Å². The van der Waals surface area contributed by atoms with Gasteiger partial charge in [-0.05, 0) is 31.4 Å². The predicted octanol–water partition coefficient (Wildman–Crippen LogP) is 1.11. The van der Waals surface area contributed by atoms with E-state index in [1.807, 2.05) is 4.90 Å². The molecule has 3 aliphatic rings. The lowest BCUT2D eigenvalue weighted by atomic mass is 10.1. The summed E-state index contributed by atoms with van der Waals surface area (Å²) < 4.78 is 1.73. The fourth-order valence-electron chi connectivity index (χ4n) is 4.03. The van der Waals surface area contributed by atoms with E-state index in [-0.39, 0.29) is 17.4 Å². The first-order valence-corrected chi connectivity index (χ1v) is 9.52. The van der Waals surface area contributed by atoms with Crippen LogP contribution in [0.25, 0.3) is 10.2 Å². The fraction of sp³-hybridized carbons (Fsp3) is 0.588. The summed E-state index contributed by atoms with van der Waals surface area (Å²) in [6.07, 6.45) is 5.41. The fourth-order valence-corrected chi connectivity index (χ4v) is 5.18. The molecule has 24 heavy (non-hydrogen) atoms. The summed E-state index contributed by atoms with van der Waals surface area (Å²) in [5.74, 6) is 0.481. The Kier molecular flexibility index (Phi) is 3.28. The van der Waals surface area contributed by atoms with Gasteiger partial charge in [-0.1, -0.05) is 0 Å². The Labute approximate surface area is 143 Å². The summed E-state index contributed by atoms with van der Waals surface area (Å²) in [5, 5.41) is 4.16. The largest absolute Gasteiger partial charge is 0.339 e. The highest BCUT2D eigenvalue weighted by Crippen LogP contribution is 2.33. The van der Waals surface area contributed by atoms with Crippen LogP contribution in [0.1, 0.15) is 29.7 Å². The van der Waals surface area contributed by atoms with Gasteiger partial charge < -0.3 is 10.2 Å². The highest BCUT2D eigenvalue weighted by molar-refractivity contribution is 7.18. The summed E-state index contributed by atoms with van der Waals surface area (Å²) in [6.45, 7) is 3.14. The maximum absolute atomic E-state index is 13.0. The SMILES string of the molecule is O=C1CC(Cn2cnc3sc4c(c3c2=O)CCNC4)CN1C1CC1. The van der Waals surface area contributed by atoms with E-state index in [4.69, 9.17) is 0 Å². The zero-order valence-corrected chi connectivity index (χ0v) is 14.3. The van der Waals surface area contributed by atoms with Crippen LogP contribution in [-0.4, -0.2) is 39.5 Å². The molecule has 2 aromatic heterocycles. The Balaban J connectivity index is 1.46. The first kappa shape index (κ1) is 14.6. The number of amides is 1. The lowest BCUT2D eigenvalue weighted by Crippen LogP contribution is -2.29. The van der Waals surface area contributed by atoms with Gasteiger partial charge in [-0.2, -0.15) is 0 Å². The highest BCUT2D eigenvalue weighted by Gasteiger charge is 2.39. The molecular weight excluding hydrogens is 324 g/mol. The van der Waals surface area contributed by atoms with E-state index < -0.39 is 0 Å². The second-order valence-electron chi connectivity index (χ2n) is 7.16. The van der Waals surface area contributed by atoms with Gasteiger partial charge in [-0.3, -0.25) is 14.2 Å². The quantitative estimate of drug-likeness (QED) is 0.906. The number of aromatic nitrogens is 2. The molecule has 2 fully saturated rings.